The van der Waals surface area contributed by atoms with Crippen molar-refractivity contribution in [2.75, 3.05) is 36.4 Å². The predicted octanol–water partition coefficient (Wildman–Crippen LogP) is 7.14. The Morgan fingerprint density at radius 3 is 2.49 bits per heavy atom. The fraction of sp³-hybridized carbons (Fsp3) is 0.323. The number of anilines is 2. The summed E-state index contributed by atoms with van der Waals surface area (Å²) in [7, 11) is 0. The molecule has 3 heterocycles. The SMILES string of the molecule is Cc1ccc(-c2nc3ccccc3s2)cc1NC(=O)c1cc([N+](=O)[O-])c(N2CC3(CN(C(=O)OC(C)(C)C)C3)C2)cc1Cl. The maximum absolute atomic E-state index is 13.4. The number of amides is 2. The van der Waals surface area contributed by atoms with Gasteiger partial charge in [0.2, 0.25) is 0 Å². The lowest BCUT2D eigenvalue weighted by Gasteiger charge is -2.60. The van der Waals surface area contributed by atoms with Crippen LogP contribution >= 0.6 is 22.9 Å². The number of para-hydroxylation sites is 1. The summed E-state index contributed by atoms with van der Waals surface area (Å²) in [5.74, 6) is -0.545. The normalized spacial score (nSPS) is 15.7. The number of carbonyl (C=O) groups is 2. The number of carbonyl (C=O) groups excluding carboxylic acids is 2. The molecule has 2 aliphatic rings. The maximum atomic E-state index is 13.4. The Morgan fingerprint density at radius 1 is 1.09 bits per heavy atom. The maximum Gasteiger partial charge on any atom is 0.410 e. The first kappa shape index (κ1) is 28.9. The largest absolute Gasteiger partial charge is 0.444 e. The number of nitro benzene ring substituents is 1. The van der Waals surface area contributed by atoms with Crippen molar-refractivity contribution < 1.29 is 19.2 Å². The van der Waals surface area contributed by atoms with E-state index in [1.54, 1.807) is 16.2 Å². The molecular formula is C31H30ClN5O5S. The topological polar surface area (TPSA) is 118 Å². The van der Waals surface area contributed by atoms with Crippen LogP contribution in [0.15, 0.2) is 54.6 Å². The van der Waals surface area contributed by atoms with Crippen LogP contribution in [0.3, 0.4) is 0 Å². The van der Waals surface area contributed by atoms with Gasteiger partial charge < -0.3 is 19.9 Å². The number of nitro groups is 1. The summed E-state index contributed by atoms with van der Waals surface area (Å²) in [5, 5.41) is 15.9. The van der Waals surface area contributed by atoms with Gasteiger partial charge in [0.1, 0.15) is 16.3 Å². The van der Waals surface area contributed by atoms with E-state index in [0.717, 1.165) is 26.4 Å². The van der Waals surface area contributed by atoms with Crippen LogP contribution in [0.25, 0.3) is 20.8 Å². The lowest BCUT2D eigenvalue weighted by Crippen LogP contribution is -2.73. The van der Waals surface area contributed by atoms with E-state index in [2.05, 4.69) is 5.32 Å². The van der Waals surface area contributed by atoms with Crippen LogP contribution < -0.4 is 10.2 Å². The number of benzene rings is 3. The number of likely N-dealkylation sites (tertiary alicyclic amines) is 1. The second kappa shape index (κ2) is 10.5. The van der Waals surface area contributed by atoms with Gasteiger partial charge in [0.15, 0.2) is 0 Å². The third-order valence-electron chi connectivity index (χ3n) is 7.63. The summed E-state index contributed by atoms with van der Waals surface area (Å²) in [4.78, 5) is 45.5. The van der Waals surface area contributed by atoms with Gasteiger partial charge in [-0.25, -0.2) is 9.78 Å². The number of hydrogen-bond donors (Lipinski definition) is 1. The lowest BCUT2D eigenvalue weighted by molar-refractivity contribution is -0.384. The number of nitrogens with zero attached hydrogens (tertiary/aromatic N) is 4. The van der Waals surface area contributed by atoms with Crippen molar-refractivity contribution in [1.29, 1.82) is 0 Å². The van der Waals surface area contributed by atoms with E-state index in [4.69, 9.17) is 21.3 Å². The molecule has 0 atom stereocenters. The molecule has 43 heavy (non-hydrogen) atoms. The van der Waals surface area contributed by atoms with Gasteiger partial charge in [-0.05, 0) is 57.5 Å². The van der Waals surface area contributed by atoms with Gasteiger partial charge in [0.05, 0.1) is 25.7 Å². The number of hydrogen-bond acceptors (Lipinski definition) is 8. The standard InChI is InChI=1S/C31H30ClN5O5S/c1-18-9-10-19(28-34-22-7-5-6-8-26(22)43-28)11-23(18)33-27(38)20-12-25(37(40)41)24(13-21(20)32)35-14-31(15-35)16-36(17-31)29(39)42-30(2,3)4/h5-13H,14-17H2,1-4H3,(H,33,38). The van der Waals surface area contributed by atoms with Crippen LogP contribution in [-0.4, -0.2) is 58.6 Å². The molecule has 222 valence electrons. The molecule has 0 radical (unpaired) electrons. The predicted molar refractivity (Wildman–Crippen MR) is 168 cm³/mol. The van der Waals surface area contributed by atoms with Crippen LogP contribution in [0.5, 0.6) is 0 Å². The van der Waals surface area contributed by atoms with Gasteiger partial charge in [-0.2, -0.15) is 0 Å². The van der Waals surface area contributed by atoms with Crippen molar-refractivity contribution in [3.8, 4) is 10.6 Å². The average molecular weight is 620 g/mol. The van der Waals surface area contributed by atoms with Gasteiger partial charge >= 0.3 is 6.09 Å². The van der Waals surface area contributed by atoms with E-state index < -0.39 is 16.4 Å². The van der Waals surface area contributed by atoms with Crippen LogP contribution in [0.1, 0.15) is 36.7 Å². The van der Waals surface area contributed by atoms with Crippen molar-refractivity contribution in [3.63, 3.8) is 0 Å². The van der Waals surface area contributed by atoms with Crippen molar-refractivity contribution in [2.24, 2.45) is 5.41 Å². The fourth-order valence-corrected chi connectivity index (χ4v) is 6.76. The van der Waals surface area contributed by atoms with E-state index in [1.165, 1.54) is 12.1 Å². The first-order valence-corrected chi connectivity index (χ1v) is 15.0. The zero-order valence-corrected chi connectivity index (χ0v) is 25.7. The summed E-state index contributed by atoms with van der Waals surface area (Å²) < 4.78 is 6.50. The van der Waals surface area contributed by atoms with Crippen molar-refractivity contribution >= 4 is 62.2 Å². The Hall–Kier alpha value is -4.22. The zero-order chi connectivity index (χ0) is 30.7. The van der Waals surface area contributed by atoms with Crippen LogP contribution in [0, 0.1) is 22.5 Å². The lowest BCUT2D eigenvalue weighted by atomic mass is 9.72. The van der Waals surface area contributed by atoms with E-state index in [-0.39, 0.29) is 27.8 Å². The van der Waals surface area contributed by atoms with E-state index in [0.29, 0.717) is 37.6 Å². The molecular weight excluding hydrogens is 590 g/mol. The Kier molecular flexibility index (Phi) is 7.05. The summed E-state index contributed by atoms with van der Waals surface area (Å²) in [6.45, 7) is 9.45. The van der Waals surface area contributed by atoms with Crippen LogP contribution in [0.4, 0.5) is 21.9 Å². The second-order valence-electron chi connectivity index (χ2n) is 12.2. The zero-order valence-electron chi connectivity index (χ0n) is 24.1. The highest BCUT2D eigenvalue weighted by Crippen LogP contribution is 2.46. The highest BCUT2D eigenvalue weighted by molar-refractivity contribution is 7.21. The molecule has 0 unspecified atom stereocenters. The number of thiazole rings is 1. The molecule has 1 spiro atoms. The summed E-state index contributed by atoms with van der Waals surface area (Å²) in [6.07, 6.45) is -0.359. The second-order valence-corrected chi connectivity index (χ2v) is 13.7. The smallest absolute Gasteiger partial charge is 0.410 e. The number of fused-ring (bicyclic) bond motifs is 1. The molecule has 0 bridgehead atoms. The number of nitrogens with one attached hydrogen (secondary N) is 1. The van der Waals surface area contributed by atoms with Crippen molar-refractivity contribution in [2.45, 2.75) is 33.3 Å². The molecule has 1 aromatic heterocycles. The molecule has 2 saturated heterocycles. The van der Waals surface area contributed by atoms with E-state index in [9.17, 15) is 19.7 Å². The van der Waals surface area contributed by atoms with Gasteiger partial charge in [0.25, 0.3) is 11.6 Å². The Balaban J connectivity index is 1.18. The molecule has 2 amide bonds. The first-order valence-electron chi connectivity index (χ1n) is 13.8. The van der Waals surface area contributed by atoms with E-state index in [1.807, 2.05) is 75.1 Å². The van der Waals surface area contributed by atoms with Crippen molar-refractivity contribution in [1.82, 2.24) is 9.88 Å². The number of halogens is 1. The fourth-order valence-electron chi connectivity index (χ4n) is 5.55. The quantitative estimate of drug-likeness (QED) is 0.186. The first-order chi connectivity index (χ1) is 20.3. The molecule has 6 rings (SSSR count). The molecule has 2 aliphatic heterocycles. The third-order valence-corrected chi connectivity index (χ3v) is 9.03. The Labute approximate surface area is 257 Å². The highest BCUT2D eigenvalue weighted by Gasteiger charge is 2.55. The molecule has 1 N–H and O–H groups in total. The number of rotatable bonds is 5. The average Bonchev–Trinajstić information content (AvgIpc) is 3.31. The summed E-state index contributed by atoms with van der Waals surface area (Å²) in [5.41, 5.74) is 2.59. The number of aryl methyl sites for hydroxylation is 1. The summed E-state index contributed by atoms with van der Waals surface area (Å²) in [6, 6.07) is 16.3. The third kappa shape index (κ3) is 5.62. The van der Waals surface area contributed by atoms with Crippen molar-refractivity contribution in [3.05, 3.63) is 80.9 Å². The molecule has 3 aromatic carbocycles. The Bertz CT molecular complexity index is 1750. The minimum atomic E-state index is -0.575. The molecule has 12 heteroatoms. The molecule has 4 aromatic rings. The molecule has 2 fully saturated rings. The minimum absolute atomic E-state index is 0.0110. The highest BCUT2D eigenvalue weighted by atomic mass is 35.5. The molecule has 10 nitrogen and oxygen atoms in total. The molecule has 0 aliphatic carbocycles. The Morgan fingerprint density at radius 2 is 1.81 bits per heavy atom. The van der Waals surface area contributed by atoms with Crippen LogP contribution in [0.2, 0.25) is 5.02 Å². The van der Waals surface area contributed by atoms with Gasteiger partial charge in [0, 0.05) is 48.9 Å². The van der Waals surface area contributed by atoms with Gasteiger partial charge in [-0.15, -0.1) is 11.3 Å². The van der Waals surface area contributed by atoms with Gasteiger partial charge in [-0.1, -0.05) is 35.9 Å². The number of aromatic nitrogens is 1. The minimum Gasteiger partial charge on any atom is -0.444 e. The van der Waals surface area contributed by atoms with E-state index >= 15 is 0 Å². The van der Waals surface area contributed by atoms with Crippen LogP contribution in [-0.2, 0) is 4.74 Å². The van der Waals surface area contributed by atoms with Gasteiger partial charge in [-0.3, -0.25) is 14.9 Å². The monoisotopic (exact) mass is 619 g/mol. The molecule has 0 saturated carbocycles. The number of ether oxygens (including phenoxy) is 1. The summed E-state index contributed by atoms with van der Waals surface area (Å²) >= 11 is 8.12.